The molecule has 0 saturated carbocycles. The highest BCUT2D eigenvalue weighted by molar-refractivity contribution is 9.10. The number of hydrogen-bond donors (Lipinski definition) is 1. The van der Waals surface area contributed by atoms with Gasteiger partial charge in [-0.3, -0.25) is 0 Å². The van der Waals surface area contributed by atoms with Crippen LogP contribution >= 0.6 is 27.5 Å². The predicted octanol–water partition coefficient (Wildman–Crippen LogP) is 3.09. The van der Waals surface area contributed by atoms with Crippen molar-refractivity contribution in [3.05, 3.63) is 27.7 Å². The lowest BCUT2D eigenvalue weighted by molar-refractivity contribution is 0.559. The molecular weight excluding hydrogens is 326 g/mol. The third-order valence-corrected chi connectivity index (χ3v) is 5.98. The topological polar surface area (TPSA) is 46.2 Å². The van der Waals surface area contributed by atoms with E-state index in [-0.39, 0.29) is 17.5 Å². The van der Waals surface area contributed by atoms with E-state index in [0.717, 1.165) is 10.2 Å². The van der Waals surface area contributed by atoms with E-state index in [1.807, 2.05) is 18.2 Å². The van der Waals surface area contributed by atoms with E-state index in [4.69, 9.17) is 11.6 Å². The fourth-order valence-corrected chi connectivity index (χ4v) is 3.91. The Morgan fingerprint density at radius 3 is 2.59 bits per heavy atom. The molecule has 1 fully saturated rings. The Labute approximate surface area is 115 Å². The molecule has 1 aromatic rings. The van der Waals surface area contributed by atoms with Crippen LogP contribution in [-0.2, 0) is 9.84 Å². The molecule has 17 heavy (non-hydrogen) atoms. The molecule has 0 atom stereocenters. The molecular formula is C11H13BrClNO2S. The van der Waals surface area contributed by atoms with Crippen LogP contribution in [0.2, 0.25) is 5.02 Å². The van der Waals surface area contributed by atoms with Crippen molar-refractivity contribution >= 4 is 43.1 Å². The lowest BCUT2D eigenvalue weighted by atomic mass is 10.1. The van der Waals surface area contributed by atoms with Crippen molar-refractivity contribution in [3.8, 4) is 0 Å². The Balaban J connectivity index is 2.05. The van der Waals surface area contributed by atoms with Crippen LogP contribution in [0.25, 0.3) is 0 Å². The maximum absolute atomic E-state index is 11.3. The Hall–Kier alpha value is -0.260. The highest BCUT2D eigenvalue weighted by Gasteiger charge is 2.23. The fourth-order valence-electron chi connectivity index (χ4n) is 1.87. The van der Waals surface area contributed by atoms with Gasteiger partial charge in [-0.15, -0.1) is 0 Å². The molecule has 1 heterocycles. The highest BCUT2D eigenvalue weighted by atomic mass is 79.9. The summed E-state index contributed by atoms with van der Waals surface area (Å²) in [5.41, 5.74) is 0.918. The van der Waals surface area contributed by atoms with Crippen LogP contribution in [0.5, 0.6) is 0 Å². The maximum atomic E-state index is 11.3. The van der Waals surface area contributed by atoms with Crippen LogP contribution in [0.15, 0.2) is 22.7 Å². The molecule has 0 aromatic heterocycles. The van der Waals surface area contributed by atoms with Gasteiger partial charge in [0.2, 0.25) is 0 Å². The molecule has 2 rings (SSSR count). The minimum absolute atomic E-state index is 0.202. The largest absolute Gasteiger partial charge is 0.381 e. The molecule has 1 aliphatic heterocycles. The van der Waals surface area contributed by atoms with E-state index in [1.54, 1.807) is 0 Å². The van der Waals surface area contributed by atoms with Crippen LogP contribution in [0.1, 0.15) is 12.8 Å². The predicted molar refractivity (Wildman–Crippen MR) is 74.5 cm³/mol. The summed E-state index contributed by atoms with van der Waals surface area (Å²) in [4.78, 5) is 0. The van der Waals surface area contributed by atoms with Crippen LogP contribution < -0.4 is 5.32 Å². The van der Waals surface area contributed by atoms with Crippen molar-refractivity contribution in [2.24, 2.45) is 0 Å². The quantitative estimate of drug-likeness (QED) is 0.901. The van der Waals surface area contributed by atoms with Gasteiger partial charge in [0.1, 0.15) is 9.84 Å². The summed E-state index contributed by atoms with van der Waals surface area (Å²) in [6.45, 7) is 0. The maximum Gasteiger partial charge on any atom is 0.150 e. The molecule has 6 heteroatoms. The summed E-state index contributed by atoms with van der Waals surface area (Å²) in [5.74, 6) is 0.533. The SMILES string of the molecule is O=S1(=O)CCC(Nc2cccc(Cl)c2Br)CC1. The average Bonchev–Trinajstić information content (AvgIpc) is 2.27. The summed E-state index contributed by atoms with van der Waals surface area (Å²) < 4.78 is 23.5. The van der Waals surface area contributed by atoms with Gasteiger partial charge in [-0.25, -0.2) is 8.42 Å². The summed E-state index contributed by atoms with van der Waals surface area (Å²) in [6.07, 6.45) is 1.31. The molecule has 0 amide bonds. The van der Waals surface area contributed by atoms with Gasteiger partial charge < -0.3 is 5.32 Å². The van der Waals surface area contributed by atoms with Gasteiger partial charge >= 0.3 is 0 Å². The van der Waals surface area contributed by atoms with Crippen molar-refractivity contribution in [1.29, 1.82) is 0 Å². The Bertz CT molecular complexity index is 504. The van der Waals surface area contributed by atoms with Crippen molar-refractivity contribution < 1.29 is 8.42 Å². The van der Waals surface area contributed by atoms with E-state index in [0.29, 0.717) is 17.9 Å². The molecule has 3 nitrogen and oxygen atoms in total. The molecule has 1 saturated heterocycles. The van der Waals surface area contributed by atoms with E-state index >= 15 is 0 Å². The van der Waals surface area contributed by atoms with Gasteiger partial charge in [0.25, 0.3) is 0 Å². The van der Waals surface area contributed by atoms with Crippen LogP contribution in [-0.4, -0.2) is 26.0 Å². The van der Waals surface area contributed by atoms with Crippen LogP contribution in [0.4, 0.5) is 5.69 Å². The first-order valence-corrected chi connectivity index (χ1v) is 8.38. The molecule has 0 spiro atoms. The van der Waals surface area contributed by atoms with Gasteiger partial charge in [0.15, 0.2) is 0 Å². The van der Waals surface area contributed by atoms with Crippen molar-refractivity contribution in [3.63, 3.8) is 0 Å². The van der Waals surface area contributed by atoms with E-state index < -0.39 is 9.84 Å². The smallest absolute Gasteiger partial charge is 0.150 e. The second kappa shape index (κ2) is 5.16. The summed E-state index contributed by atoms with van der Waals surface area (Å²) in [7, 11) is -2.80. The zero-order valence-corrected chi connectivity index (χ0v) is 12.3. The standard InChI is InChI=1S/C11H13BrClNO2S/c12-11-9(13)2-1-3-10(11)14-8-4-6-17(15,16)7-5-8/h1-3,8,14H,4-7H2. The number of anilines is 1. The number of hydrogen-bond acceptors (Lipinski definition) is 3. The van der Waals surface area contributed by atoms with Crippen molar-refractivity contribution in [1.82, 2.24) is 0 Å². The second-order valence-electron chi connectivity index (χ2n) is 4.17. The summed E-state index contributed by atoms with van der Waals surface area (Å²) >= 11 is 9.41. The highest BCUT2D eigenvalue weighted by Crippen LogP contribution is 2.31. The molecule has 1 aliphatic rings. The molecule has 0 unspecified atom stereocenters. The van der Waals surface area contributed by atoms with Gasteiger partial charge in [0, 0.05) is 6.04 Å². The van der Waals surface area contributed by atoms with Crippen LogP contribution in [0, 0.1) is 0 Å². The monoisotopic (exact) mass is 337 g/mol. The zero-order valence-electron chi connectivity index (χ0n) is 9.12. The van der Waals surface area contributed by atoms with Gasteiger partial charge in [-0.1, -0.05) is 17.7 Å². The Kier molecular flexibility index (Phi) is 4.00. The molecule has 1 aromatic carbocycles. The van der Waals surface area contributed by atoms with Gasteiger partial charge in [0.05, 0.1) is 26.7 Å². The number of rotatable bonds is 2. The second-order valence-corrected chi connectivity index (χ2v) is 7.68. The third kappa shape index (κ3) is 3.36. The Morgan fingerprint density at radius 1 is 1.29 bits per heavy atom. The van der Waals surface area contributed by atoms with Gasteiger partial charge in [-0.2, -0.15) is 0 Å². The minimum atomic E-state index is -2.80. The van der Waals surface area contributed by atoms with Crippen molar-refractivity contribution in [2.45, 2.75) is 18.9 Å². The first kappa shape index (κ1) is 13.2. The fraction of sp³-hybridized carbons (Fsp3) is 0.455. The van der Waals surface area contributed by atoms with E-state index in [2.05, 4.69) is 21.2 Å². The lowest BCUT2D eigenvalue weighted by Crippen LogP contribution is -2.32. The summed E-state index contributed by atoms with van der Waals surface area (Å²) in [5, 5.41) is 3.98. The summed E-state index contributed by atoms with van der Waals surface area (Å²) in [6, 6.07) is 5.81. The van der Waals surface area contributed by atoms with Crippen LogP contribution in [0.3, 0.4) is 0 Å². The molecule has 0 bridgehead atoms. The molecule has 0 radical (unpaired) electrons. The number of halogens is 2. The zero-order chi connectivity index (χ0) is 12.5. The molecule has 1 N–H and O–H groups in total. The number of nitrogens with one attached hydrogen (secondary N) is 1. The first-order valence-electron chi connectivity index (χ1n) is 5.39. The number of sulfone groups is 1. The molecule has 94 valence electrons. The first-order chi connectivity index (χ1) is 7.98. The third-order valence-electron chi connectivity index (χ3n) is 2.87. The number of benzene rings is 1. The van der Waals surface area contributed by atoms with E-state index in [9.17, 15) is 8.42 Å². The van der Waals surface area contributed by atoms with Crippen molar-refractivity contribution in [2.75, 3.05) is 16.8 Å². The van der Waals surface area contributed by atoms with Gasteiger partial charge in [-0.05, 0) is 40.9 Å². The molecule has 0 aliphatic carbocycles. The lowest BCUT2D eigenvalue weighted by Gasteiger charge is -2.24. The minimum Gasteiger partial charge on any atom is -0.381 e. The van der Waals surface area contributed by atoms with E-state index in [1.165, 1.54) is 0 Å². The average molecular weight is 339 g/mol. The Morgan fingerprint density at radius 2 is 1.94 bits per heavy atom. The normalized spacial score (nSPS) is 20.1.